The maximum absolute atomic E-state index is 12.2. The summed E-state index contributed by atoms with van der Waals surface area (Å²) in [5, 5.41) is 0. The van der Waals surface area contributed by atoms with Gasteiger partial charge in [-0.15, -0.1) is 0 Å². The monoisotopic (exact) mass is 217 g/mol. The average Bonchev–Trinajstić information content (AvgIpc) is 1.77. The van der Waals surface area contributed by atoms with Gasteiger partial charge in [0.1, 0.15) is 0 Å². The molecule has 1 aromatic rings. The number of halogens is 1. The molecule has 1 rings (SSSR count). The number of nitrogens with zero attached hydrogens (tertiary/aromatic N) is 2. The zero-order valence-corrected chi connectivity index (χ0v) is 6.78. The van der Waals surface area contributed by atoms with Crippen molar-refractivity contribution in [3.8, 4) is 0 Å². The summed E-state index contributed by atoms with van der Waals surface area (Å²) in [5.41, 5.74) is 0. The van der Waals surface area contributed by atoms with Crippen molar-refractivity contribution in [1.82, 2.24) is 9.97 Å². The van der Waals surface area contributed by atoms with Crippen LogP contribution in [0.3, 0.4) is 0 Å². The molecular weight excluding hydrogens is 214 g/mol. The van der Waals surface area contributed by atoms with Gasteiger partial charge in [-0.2, -0.15) is 0 Å². The van der Waals surface area contributed by atoms with Gasteiger partial charge in [-0.3, -0.25) is 0 Å². The number of hydrogen-bond donors (Lipinski definition) is 0. The second kappa shape index (κ2) is 2.39. The van der Waals surface area contributed by atoms with Gasteiger partial charge in [0.25, 0.3) is 0 Å². The third-order valence-corrected chi connectivity index (χ3v) is 1.61. The fourth-order valence-corrected chi connectivity index (χ4v) is 0.718. The van der Waals surface area contributed by atoms with Crippen LogP contribution in [0.15, 0.2) is 12.4 Å². The molecule has 0 atom stereocenters. The summed E-state index contributed by atoms with van der Waals surface area (Å²) in [4.78, 5) is 7.05. The van der Waals surface area contributed by atoms with Crippen LogP contribution in [0.5, 0.6) is 0 Å². The quantitative estimate of drug-likeness (QED) is 0.541. The Balaban J connectivity index is 3.13. The van der Waals surface area contributed by atoms with Gasteiger partial charge in [-0.25, -0.2) is 0 Å². The van der Waals surface area contributed by atoms with E-state index in [0.717, 1.165) is 22.5 Å². The van der Waals surface area contributed by atoms with E-state index < -0.39 is 5.95 Å². The molecule has 0 bridgehead atoms. The van der Waals surface area contributed by atoms with Crippen LogP contribution >= 0.6 is 0 Å². The molecule has 0 amide bonds. The SMILES string of the molecule is Fc1nccn[c]1[Sn]. The molecule has 0 saturated carbocycles. The Kier molecular flexibility index (Phi) is 1.77. The average molecular weight is 216 g/mol. The van der Waals surface area contributed by atoms with Crippen molar-refractivity contribution >= 4 is 26.2 Å². The summed E-state index contributed by atoms with van der Waals surface area (Å²) in [7, 11) is 0. The zero-order valence-electron chi connectivity index (χ0n) is 3.93. The van der Waals surface area contributed by atoms with Crippen LogP contribution in [0, 0.1) is 5.95 Å². The van der Waals surface area contributed by atoms with E-state index in [2.05, 4.69) is 9.97 Å². The summed E-state index contributed by atoms with van der Waals surface area (Å²) in [6.07, 6.45) is 2.82. The van der Waals surface area contributed by atoms with E-state index in [1.165, 1.54) is 12.4 Å². The van der Waals surface area contributed by atoms with Crippen LogP contribution in [0.2, 0.25) is 0 Å². The van der Waals surface area contributed by atoms with Gasteiger partial charge < -0.3 is 0 Å². The predicted octanol–water partition coefficient (Wildman–Crippen LogP) is -0.591. The van der Waals surface area contributed by atoms with E-state index in [0.29, 0.717) is 3.71 Å². The van der Waals surface area contributed by atoms with Crippen LogP contribution in [-0.2, 0) is 0 Å². The van der Waals surface area contributed by atoms with Crippen molar-refractivity contribution in [2.75, 3.05) is 0 Å². The molecule has 0 aromatic carbocycles. The zero-order chi connectivity index (χ0) is 5.98. The summed E-state index contributed by atoms with van der Waals surface area (Å²) >= 11 is 0.960. The van der Waals surface area contributed by atoms with E-state index in [4.69, 9.17) is 0 Å². The summed E-state index contributed by atoms with van der Waals surface area (Å²) in [5.74, 6) is -0.453. The minimum atomic E-state index is -0.453. The molecule has 4 heteroatoms. The number of aromatic nitrogens is 2. The van der Waals surface area contributed by atoms with Crippen LogP contribution in [-0.4, -0.2) is 32.5 Å². The van der Waals surface area contributed by atoms with Gasteiger partial charge in [0.15, 0.2) is 0 Å². The minimum absolute atomic E-state index is 0.430. The molecule has 39 valence electrons. The molecule has 8 heavy (non-hydrogen) atoms. The third-order valence-electron chi connectivity index (χ3n) is 0.654. The van der Waals surface area contributed by atoms with Crippen molar-refractivity contribution in [2.45, 2.75) is 0 Å². The molecule has 0 spiro atoms. The second-order valence-electron chi connectivity index (χ2n) is 1.20. The van der Waals surface area contributed by atoms with Gasteiger partial charge >= 0.3 is 58.9 Å². The Morgan fingerprint density at radius 2 is 2.00 bits per heavy atom. The topological polar surface area (TPSA) is 25.8 Å². The number of rotatable bonds is 0. The Hall–Kier alpha value is -0.191. The standard InChI is InChI=1S/C4H2FN2.Sn/c5-4-3-6-1-2-7-4;/h1-2H;. The van der Waals surface area contributed by atoms with E-state index >= 15 is 0 Å². The first-order chi connectivity index (χ1) is 3.80. The Morgan fingerprint density at radius 1 is 1.38 bits per heavy atom. The molecule has 0 aliphatic rings. The molecule has 0 unspecified atom stereocenters. The molecule has 1 heterocycles. The van der Waals surface area contributed by atoms with Crippen molar-refractivity contribution in [1.29, 1.82) is 0 Å². The molecule has 0 saturated heterocycles. The normalized spacial score (nSPS) is 9.25. The third kappa shape index (κ3) is 1.15. The van der Waals surface area contributed by atoms with E-state index in [-0.39, 0.29) is 0 Å². The van der Waals surface area contributed by atoms with Gasteiger partial charge in [0.2, 0.25) is 0 Å². The first-order valence-electron chi connectivity index (χ1n) is 1.99. The summed E-state index contributed by atoms with van der Waals surface area (Å²) in [6, 6.07) is 0. The van der Waals surface area contributed by atoms with Crippen molar-refractivity contribution in [2.24, 2.45) is 0 Å². The van der Waals surface area contributed by atoms with E-state index in [1.807, 2.05) is 0 Å². The van der Waals surface area contributed by atoms with E-state index in [1.54, 1.807) is 0 Å². The van der Waals surface area contributed by atoms with Gasteiger partial charge in [0, 0.05) is 0 Å². The van der Waals surface area contributed by atoms with Crippen LogP contribution in [0.1, 0.15) is 0 Å². The van der Waals surface area contributed by atoms with Crippen LogP contribution < -0.4 is 3.71 Å². The molecule has 0 fully saturated rings. The van der Waals surface area contributed by atoms with Gasteiger partial charge in [-0.1, -0.05) is 0 Å². The fraction of sp³-hybridized carbons (Fsp3) is 0. The molecule has 1 aromatic heterocycles. The van der Waals surface area contributed by atoms with E-state index in [9.17, 15) is 4.39 Å². The molecule has 0 aliphatic heterocycles. The van der Waals surface area contributed by atoms with Crippen molar-refractivity contribution < 1.29 is 4.39 Å². The van der Waals surface area contributed by atoms with Crippen molar-refractivity contribution in [3.63, 3.8) is 0 Å². The van der Waals surface area contributed by atoms with Gasteiger partial charge in [-0.05, 0) is 0 Å². The second-order valence-corrected chi connectivity index (χ2v) is 2.55. The maximum atomic E-state index is 12.2. The Morgan fingerprint density at radius 3 is 2.38 bits per heavy atom. The molecule has 0 aliphatic carbocycles. The summed E-state index contributed by atoms with van der Waals surface area (Å²) in [6.45, 7) is 0. The number of hydrogen-bond acceptors (Lipinski definition) is 2. The summed E-state index contributed by atoms with van der Waals surface area (Å²) < 4.78 is 12.6. The molecular formula is C4H2FN2Sn. The fourth-order valence-electron chi connectivity index (χ4n) is 0.321. The van der Waals surface area contributed by atoms with Crippen LogP contribution in [0.4, 0.5) is 4.39 Å². The van der Waals surface area contributed by atoms with Crippen molar-refractivity contribution in [3.05, 3.63) is 18.3 Å². The predicted molar refractivity (Wildman–Crippen MR) is 27.4 cm³/mol. The Labute approximate surface area is 59.2 Å². The van der Waals surface area contributed by atoms with Gasteiger partial charge in [0.05, 0.1) is 0 Å². The van der Waals surface area contributed by atoms with Crippen LogP contribution in [0.25, 0.3) is 0 Å². The first-order valence-corrected chi connectivity index (χ1v) is 3.41. The molecule has 2 nitrogen and oxygen atoms in total. The molecule has 0 N–H and O–H groups in total. The Bertz CT molecular complexity index is 170. The first kappa shape index (κ1) is 5.94. The molecule has 3 radical (unpaired) electrons.